The molecule has 0 saturated heterocycles. The van der Waals surface area contributed by atoms with Crippen LogP contribution in [0.25, 0.3) is 0 Å². The van der Waals surface area contributed by atoms with Gasteiger partial charge in [0.25, 0.3) is 0 Å². The molecule has 3 aromatic rings. The molecular weight excluding hydrogens is 558 g/mol. The molecule has 0 fully saturated rings. The van der Waals surface area contributed by atoms with Crippen LogP contribution in [0.4, 0.5) is 5.69 Å². The summed E-state index contributed by atoms with van der Waals surface area (Å²) in [5.41, 5.74) is 4.53. The zero-order chi connectivity index (χ0) is 33.0. The lowest BCUT2D eigenvalue weighted by atomic mass is 9.87. The summed E-state index contributed by atoms with van der Waals surface area (Å²) in [5.74, 6) is -1.50. The molecule has 1 unspecified atom stereocenters. The van der Waals surface area contributed by atoms with E-state index >= 15 is 0 Å². The van der Waals surface area contributed by atoms with Crippen LogP contribution in [0.1, 0.15) is 96.1 Å². The Kier molecular flexibility index (Phi) is 14.2. The Morgan fingerprint density at radius 1 is 0.795 bits per heavy atom. The van der Waals surface area contributed by atoms with E-state index in [0.29, 0.717) is 23.4 Å². The Bertz CT molecular complexity index is 1360. The minimum Gasteiger partial charge on any atom is -0.426 e. The molecular formula is C36H47NO7. The molecule has 0 aliphatic carbocycles. The second-order valence-corrected chi connectivity index (χ2v) is 11.5. The van der Waals surface area contributed by atoms with E-state index in [1.807, 2.05) is 32.0 Å². The predicted molar refractivity (Wildman–Crippen MR) is 172 cm³/mol. The highest BCUT2D eigenvalue weighted by atomic mass is 16.6. The number of aliphatic hydroxyl groups is 2. The summed E-state index contributed by atoms with van der Waals surface area (Å²) in [6.45, 7) is 15.7. The smallest absolute Gasteiger partial charge is 0.347 e. The molecule has 2 atom stereocenters. The number of anilines is 1. The largest absolute Gasteiger partial charge is 0.426 e. The van der Waals surface area contributed by atoms with Crippen LogP contribution in [0, 0.1) is 5.92 Å². The van der Waals surface area contributed by atoms with Gasteiger partial charge in [0.05, 0.1) is 12.5 Å². The van der Waals surface area contributed by atoms with E-state index in [9.17, 15) is 24.6 Å². The third kappa shape index (κ3) is 10.3. The SMILES string of the molecule is CC(=O)OC(=O)C(O)c1ccccc1.CC[C@H](c1cccc(N(C(C)C)C(C)C)c1)c1cc(CO)ccc1OC(=O)C(C)C. The van der Waals surface area contributed by atoms with Gasteiger partial charge in [-0.2, -0.15) is 0 Å². The van der Waals surface area contributed by atoms with Crippen LogP contribution in [-0.4, -0.2) is 40.2 Å². The quantitative estimate of drug-likeness (QED) is 0.141. The van der Waals surface area contributed by atoms with Crippen molar-refractivity contribution in [3.8, 4) is 5.75 Å². The molecule has 2 N–H and O–H groups in total. The summed E-state index contributed by atoms with van der Waals surface area (Å²) < 4.78 is 9.97. The van der Waals surface area contributed by atoms with Crippen LogP contribution in [0.2, 0.25) is 0 Å². The zero-order valence-corrected chi connectivity index (χ0v) is 27.1. The highest BCUT2D eigenvalue weighted by Gasteiger charge is 2.23. The van der Waals surface area contributed by atoms with Gasteiger partial charge >= 0.3 is 17.9 Å². The normalized spacial score (nSPS) is 12.3. The maximum Gasteiger partial charge on any atom is 0.347 e. The molecule has 8 heteroatoms. The van der Waals surface area contributed by atoms with Gasteiger partial charge < -0.3 is 24.6 Å². The van der Waals surface area contributed by atoms with E-state index in [4.69, 9.17) is 4.74 Å². The number of benzene rings is 3. The van der Waals surface area contributed by atoms with E-state index in [1.165, 1.54) is 11.3 Å². The van der Waals surface area contributed by atoms with Crippen molar-refractivity contribution in [3.63, 3.8) is 0 Å². The summed E-state index contributed by atoms with van der Waals surface area (Å²) in [5, 5.41) is 19.1. The maximum atomic E-state index is 12.3. The fourth-order valence-electron chi connectivity index (χ4n) is 4.99. The standard InChI is InChI=1S/C26H37NO3.C10H10O4/c1-8-23(21-10-9-11-22(15-21)27(18(4)5)19(6)7)24-14-20(16-28)12-13-25(24)30-26(29)17(2)3;1-7(11)14-10(13)9(12)8-5-3-2-4-6-8/h9-15,17-19,23,28H,8,16H2,1-7H3;2-6,9,12H,1H3/t23-;/m1./s1. The average molecular weight is 606 g/mol. The first-order valence-electron chi connectivity index (χ1n) is 15.1. The van der Waals surface area contributed by atoms with Crippen LogP contribution < -0.4 is 9.64 Å². The van der Waals surface area contributed by atoms with Crippen molar-refractivity contribution in [1.82, 2.24) is 0 Å². The molecule has 3 aromatic carbocycles. The van der Waals surface area contributed by atoms with Crippen molar-refractivity contribution in [2.75, 3.05) is 4.90 Å². The number of aliphatic hydroxyl groups excluding tert-OH is 2. The number of nitrogens with zero attached hydrogens (tertiary/aromatic N) is 1. The van der Waals surface area contributed by atoms with Crippen molar-refractivity contribution >= 4 is 23.6 Å². The van der Waals surface area contributed by atoms with Crippen molar-refractivity contribution in [2.24, 2.45) is 5.92 Å². The molecule has 0 aliphatic rings. The molecule has 3 rings (SSSR count). The van der Waals surface area contributed by atoms with Gasteiger partial charge in [0.2, 0.25) is 0 Å². The monoisotopic (exact) mass is 605 g/mol. The van der Waals surface area contributed by atoms with Gasteiger partial charge in [0.1, 0.15) is 5.75 Å². The van der Waals surface area contributed by atoms with Crippen LogP contribution in [0.5, 0.6) is 5.75 Å². The lowest BCUT2D eigenvalue weighted by Gasteiger charge is -2.34. The molecule has 238 valence electrons. The van der Waals surface area contributed by atoms with E-state index in [-0.39, 0.29) is 24.4 Å². The van der Waals surface area contributed by atoms with E-state index in [0.717, 1.165) is 24.5 Å². The Morgan fingerprint density at radius 2 is 1.41 bits per heavy atom. The molecule has 0 heterocycles. The Balaban J connectivity index is 0.000000402. The first-order chi connectivity index (χ1) is 20.8. The minimum absolute atomic E-state index is 0.0453. The summed E-state index contributed by atoms with van der Waals surface area (Å²) in [4.78, 5) is 36.2. The second kappa shape index (κ2) is 17.3. The number of ether oxygens (including phenoxy) is 2. The summed E-state index contributed by atoms with van der Waals surface area (Å²) in [7, 11) is 0. The third-order valence-corrected chi connectivity index (χ3v) is 6.99. The van der Waals surface area contributed by atoms with E-state index in [2.05, 4.69) is 68.5 Å². The topological polar surface area (TPSA) is 113 Å². The van der Waals surface area contributed by atoms with E-state index in [1.54, 1.807) is 30.3 Å². The molecule has 44 heavy (non-hydrogen) atoms. The Morgan fingerprint density at radius 3 is 1.93 bits per heavy atom. The number of hydrogen-bond acceptors (Lipinski definition) is 8. The number of esters is 3. The maximum absolute atomic E-state index is 12.3. The van der Waals surface area contributed by atoms with Crippen molar-refractivity contribution < 1.29 is 34.1 Å². The molecule has 0 aliphatic heterocycles. The highest BCUT2D eigenvalue weighted by molar-refractivity contribution is 5.87. The first-order valence-corrected chi connectivity index (χ1v) is 15.1. The Labute approximate surface area is 261 Å². The number of rotatable bonds is 11. The lowest BCUT2D eigenvalue weighted by Crippen LogP contribution is -2.37. The number of carbonyl (C=O) groups excluding carboxylic acids is 3. The second-order valence-electron chi connectivity index (χ2n) is 11.5. The highest BCUT2D eigenvalue weighted by Crippen LogP contribution is 2.37. The minimum atomic E-state index is -1.40. The van der Waals surface area contributed by atoms with Crippen LogP contribution >= 0.6 is 0 Å². The summed E-state index contributed by atoms with van der Waals surface area (Å²) in [6.07, 6.45) is -0.548. The van der Waals surface area contributed by atoms with Crippen LogP contribution in [-0.2, 0) is 25.7 Å². The van der Waals surface area contributed by atoms with Gasteiger partial charge in [-0.25, -0.2) is 4.79 Å². The van der Waals surface area contributed by atoms with Gasteiger partial charge in [-0.3, -0.25) is 9.59 Å². The van der Waals surface area contributed by atoms with Gasteiger partial charge in [0.15, 0.2) is 6.10 Å². The average Bonchev–Trinajstić information content (AvgIpc) is 2.98. The van der Waals surface area contributed by atoms with E-state index < -0.39 is 18.0 Å². The molecule has 8 nitrogen and oxygen atoms in total. The number of hydrogen-bond donors (Lipinski definition) is 2. The lowest BCUT2D eigenvalue weighted by molar-refractivity contribution is -0.164. The van der Waals surface area contributed by atoms with Crippen molar-refractivity contribution in [1.29, 1.82) is 0 Å². The molecule has 0 spiro atoms. The van der Waals surface area contributed by atoms with Gasteiger partial charge in [-0.05, 0) is 75.1 Å². The molecule has 0 aromatic heterocycles. The molecule has 0 saturated carbocycles. The van der Waals surface area contributed by atoms with Gasteiger partial charge in [0, 0.05) is 36.2 Å². The van der Waals surface area contributed by atoms with Gasteiger partial charge in [-0.15, -0.1) is 0 Å². The summed E-state index contributed by atoms with van der Waals surface area (Å²) >= 11 is 0. The fraction of sp³-hybridized carbons (Fsp3) is 0.417. The molecule has 0 amide bonds. The summed E-state index contributed by atoms with van der Waals surface area (Å²) in [6, 6.07) is 23.3. The predicted octanol–water partition coefficient (Wildman–Crippen LogP) is 6.72. The van der Waals surface area contributed by atoms with Crippen LogP contribution in [0.3, 0.4) is 0 Å². The zero-order valence-electron chi connectivity index (χ0n) is 27.1. The number of carbonyl (C=O) groups is 3. The van der Waals surface area contributed by atoms with Crippen molar-refractivity contribution in [2.45, 2.75) is 92.5 Å². The first kappa shape index (κ1) is 36.2. The Hall–Kier alpha value is -4.01. The molecule has 0 bridgehead atoms. The van der Waals surface area contributed by atoms with Crippen molar-refractivity contribution in [3.05, 3.63) is 95.1 Å². The fourth-order valence-corrected chi connectivity index (χ4v) is 4.99. The third-order valence-electron chi connectivity index (χ3n) is 6.99. The van der Waals surface area contributed by atoms with Crippen LogP contribution in [0.15, 0.2) is 72.8 Å². The molecule has 0 radical (unpaired) electrons. The van der Waals surface area contributed by atoms with Gasteiger partial charge in [-0.1, -0.05) is 69.3 Å².